The van der Waals surface area contributed by atoms with E-state index in [1.54, 1.807) is 30.3 Å². The van der Waals surface area contributed by atoms with Crippen LogP contribution in [0.15, 0.2) is 64.2 Å². The van der Waals surface area contributed by atoms with Crippen LogP contribution in [0.2, 0.25) is 0 Å². The van der Waals surface area contributed by atoms with E-state index in [4.69, 9.17) is 8.60 Å². The Bertz CT molecular complexity index is 940. The summed E-state index contributed by atoms with van der Waals surface area (Å²) in [6, 6.07) is 16.1. The van der Waals surface area contributed by atoms with E-state index in [0.717, 1.165) is 11.1 Å². The number of nitrogens with zero attached hydrogens (tertiary/aromatic N) is 2. The molecular formula is C17H16N2O4S2. The van der Waals surface area contributed by atoms with Crippen molar-refractivity contribution in [3.05, 3.63) is 60.2 Å². The highest BCUT2D eigenvalue weighted by Crippen LogP contribution is 2.25. The molecule has 0 aliphatic carbocycles. The van der Waals surface area contributed by atoms with Gasteiger partial charge in [-0.15, -0.1) is 10.2 Å². The standard InChI is InChI=1S/C17H16N2O4S2/c1-13-7-5-6-10-15(13)16-18-19-17(22-16)24-11-12-25(20,21)23-14-8-3-2-4-9-14/h2-10H,11-12H2,1H3. The lowest BCUT2D eigenvalue weighted by atomic mass is 10.1. The van der Waals surface area contributed by atoms with Gasteiger partial charge in [-0.2, -0.15) is 8.42 Å². The molecule has 0 radical (unpaired) electrons. The molecule has 3 aromatic rings. The lowest BCUT2D eigenvalue weighted by molar-refractivity contribution is 0.465. The zero-order valence-corrected chi connectivity index (χ0v) is 15.1. The van der Waals surface area contributed by atoms with Gasteiger partial charge in [0, 0.05) is 11.3 Å². The molecule has 3 rings (SSSR count). The van der Waals surface area contributed by atoms with Crippen LogP contribution in [0.25, 0.3) is 11.5 Å². The third-order valence-corrected chi connectivity index (χ3v) is 5.54. The first kappa shape index (κ1) is 17.5. The molecule has 0 spiro atoms. The Morgan fingerprint density at radius 3 is 2.52 bits per heavy atom. The molecule has 0 bridgehead atoms. The highest BCUT2D eigenvalue weighted by molar-refractivity contribution is 8.00. The van der Waals surface area contributed by atoms with Crippen molar-refractivity contribution in [2.75, 3.05) is 11.5 Å². The van der Waals surface area contributed by atoms with E-state index in [-0.39, 0.29) is 11.5 Å². The maximum absolute atomic E-state index is 12.0. The van der Waals surface area contributed by atoms with Gasteiger partial charge in [-0.25, -0.2) is 0 Å². The van der Waals surface area contributed by atoms with E-state index in [2.05, 4.69) is 10.2 Å². The SMILES string of the molecule is Cc1ccccc1-c1nnc(SCCS(=O)(=O)Oc2ccccc2)o1. The quantitative estimate of drug-likeness (QED) is 0.461. The zero-order valence-electron chi connectivity index (χ0n) is 13.5. The molecule has 0 fully saturated rings. The molecular weight excluding hydrogens is 360 g/mol. The summed E-state index contributed by atoms with van der Waals surface area (Å²) in [6.45, 7) is 1.96. The molecule has 0 atom stereocenters. The summed E-state index contributed by atoms with van der Waals surface area (Å²) in [4.78, 5) is 0. The van der Waals surface area contributed by atoms with Crippen molar-refractivity contribution in [1.29, 1.82) is 0 Å². The number of benzene rings is 2. The van der Waals surface area contributed by atoms with Crippen LogP contribution in [0.1, 0.15) is 5.56 Å². The Balaban J connectivity index is 1.57. The maximum Gasteiger partial charge on any atom is 0.310 e. The first-order chi connectivity index (χ1) is 12.0. The van der Waals surface area contributed by atoms with E-state index >= 15 is 0 Å². The van der Waals surface area contributed by atoms with Crippen molar-refractivity contribution in [2.45, 2.75) is 12.1 Å². The van der Waals surface area contributed by atoms with Gasteiger partial charge < -0.3 is 8.60 Å². The monoisotopic (exact) mass is 376 g/mol. The van der Waals surface area contributed by atoms with Crippen LogP contribution >= 0.6 is 11.8 Å². The van der Waals surface area contributed by atoms with E-state index in [9.17, 15) is 8.42 Å². The molecule has 0 saturated carbocycles. The number of rotatable bonds is 7. The highest BCUT2D eigenvalue weighted by atomic mass is 32.2. The number of para-hydroxylation sites is 1. The fourth-order valence-electron chi connectivity index (χ4n) is 2.09. The average Bonchev–Trinajstić information content (AvgIpc) is 3.04. The minimum Gasteiger partial charge on any atom is -0.411 e. The minimum atomic E-state index is -3.67. The fraction of sp³-hybridized carbons (Fsp3) is 0.176. The summed E-state index contributed by atoms with van der Waals surface area (Å²) >= 11 is 1.18. The Labute approximate surface area is 150 Å². The molecule has 0 aliphatic heterocycles. The van der Waals surface area contributed by atoms with Crippen LogP contribution < -0.4 is 4.18 Å². The molecule has 0 amide bonds. The summed E-state index contributed by atoms with van der Waals surface area (Å²) in [7, 11) is -3.67. The highest BCUT2D eigenvalue weighted by Gasteiger charge is 2.15. The van der Waals surface area contributed by atoms with Crippen molar-refractivity contribution in [3.63, 3.8) is 0 Å². The van der Waals surface area contributed by atoms with Gasteiger partial charge in [-0.3, -0.25) is 0 Å². The molecule has 8 heteroatoms. The molecule has 25 heavy (non-hydrogen) atoms. The van der Waals surface area contributed by atoms with Gasteiger partial charge in [0.1, 0.15) is 5.75 Å². The first-order valence-electron chi connectivity index (χ1n) is 7.53. The maximum atomic E-state index is 12.0. The largest absolute Gasteiger partial charge is 0.411 e. The summed E-state index contributed by atoms with van der Waals surface area (Å²) in [5.74, 6) is 0.815. The molecule has 1 aromatic heterocycles. The fourth-order valence-corrected chi connectivity index (χ4v) is 4.13. The summed E-state index contributed by atoms with van der Waals surface area (Å²) in [5, 5.41) is 8.29. The predicted octanol–water partition coefficient (Wildman–Crippen LogP) is 3.55. The van der Waals surface area contributed by atoms with Gasteiger partial charge in [0.2, 0.25) is 5.89 Å². The summed E-state index contributed by atoms with van der Waals surface area (Å²) in [6.07, 6.45) is 0. The van der Waals surface area contributed by atoms with Crippen molar-refractivity contribution < 1.29 is 17.0 Å². The van der Waals surface area contributed by atoms with Crippen LogP contribution in [0.4, 0.5) is 0 Å². The van der Waals surface area contributed by atoms with Gasteiger partial charge >= 0.3 is 10.1 Å². The normalized spacial score (nSPS) is 11.4. The van der Waals surface area contributed by atoms with Crippen molar-refractivity contribution in [1.82, 2.24) is 10.2 Å². The molecule has 0 unspecified atom stereocenters. The smallest absolute Gasteiger partial charge is 0.310 e. The molecule has 1 heterocycles. The van der Waals surface area contributed by atoms with Gasteiger partial charge in [0.15, 0.2) is 0 Å². The second-order valence-corrected chi connectivity index (χ2v) is 7.93. The Morgan fingerprint density at radius 2 is 1.76 bits per heavy atom. The number of hydrogen-bond acceptors (Lipinski definition) is 7. The van der Waals surface area contributed by atoms with E-state index in [1.807, 2.05) is 31.2 Å². The molecule has 130 valence electrons. The van der Waals surface area contributed by atoms with Gasteiger partial charge in [-0.1, -0.05) is 48.2 Å². The van der Waals surface area contributed by atoms with Crippen molar-refractivity contribution >= 4 is 21.9 Å². The number of aryl methyl sites for hydroxylation is 1. The van der Waals surface area contributed by atoms with E-state index in [0.29, 0.717) is 16.9 Å². The Morgan fingerprint density at radius 1 is 1.04 bits per heavy atom. The van der Waals surface area contributed by atoms with Gasteiger partial charge in [0.25, 0.3) is 5.22 Å². The van der Waals surface area contributed by atoms with E-state index in [1.165, 1.54) is 11.8 Å². The second kappa shape index (κ2) is 7.71. The third kappa shape index (κ3) is 4.83. The zero-order chi connectivity index (χ0) is 17.7. The first-order valence-corrected chi connectivity index (χ1v) is 10.1. The Hall–Kier alpha value is -2.32. The van der Waals surface area contributed by atoms with Gasteiger partial charge in [-0.05, 0) is 30.7 Å². The second-order valence-electron chi connectivity index (χ2n) is 5.19. The van der Waals surface area contributed by atoms with Crippen molar-refractivity contribution in [3.8, 4) is 17.2 Å². The van der Waals surface area contributed by atoms with Crippen molar-refractivity contribution in [2.24, 2.45) is 0 Å². The van der Waals surface area contributed by atoms with Crippen LogP contribution in [-0.4, -0.2) is 30.1 Å². The summed E-state index contributed by atoms with van der Waals surface area (Å²) in [5.41, 5.74) is 1.89. The molecule has 0 aliphatic rings. The molecule has 0 N–H and O–H groups in total. The van der Waals surface area contributed by atoms with Gasteiger partial charge in [0.05, 0.1) is 5.75 Å². The number of aromatic nitrogens is 2. The summed E-state index contributed by atoms with van der Waals surface area (Å²) < 4.78 is 34.5. The average molecular weight is 376 g/mol. The van der Waals surface area contributed by atoms with Crippen LogP contribution in [0.3, 0.4) is 0 Å². The number of hydrogen-bond donors (Lipinski definition) is 0. The lowest BCUT2D eigenvalue weighted by Crippen LogP contribution is -2.15. The molecule has 2 aromatic carbocycles. The lowest BCUT2D eigenvalue weighted by Gasteiger charge is -2.05. The topological polar surface area (TPSA) is 82.3 Å². The van der Waals surface area contributed by atoms with Crippen LogP contribution in [-0.2, 0) is 10.1 Å². The third-order valence-electron chi connectivity index (χ3n) is 3.31. The number of thioether (sulfide) groups is 1. The Kier molecular flexibility index (Phi) is 5.40. The van der Waals surface area contributed by atoms with E-state index < -0.39 is 10.1 Å². The predicted molar refractivity (Wildman–Crippen MR) is 96.1 cm³/mol. The molecule has 0 saturated heterocycles. The minimum absolute atomic E-state index is 0.158. The molecule has 6 nitrogen and oxygen atoms in total. The van der Waals surface area contributed by atoms with Crippen LogP contribution in [0, 0.1) is 6.92 Å². The van der Waals surface area contributed by atoms with Crippen LogP contribution in [0.5, 0.6) is 5.75 Å².